The Kier molecular flexibility index (Phi) is 5.33. The van der Waals surface area contributed by atoms with Gasteiger partial charge in [0.15, 0.2) is 5.78 Å². The highest BCUT2D eigenvalue weighted by molar-refractivity contribution is 5.96. The Labute approximate surface area is 119 Å². The predicted octanol–water partition coefficient (Wildman–Crippen LogP) is 3.48. The SMILES string of the molecule is COCc1cccc(OCCC(=O)c2ccccc2)c1. The molecule has 0 N–H and O–H groups in total. The van der Waals surface area contributed by atoms with Crippen LogP contribution in [0.3, 0.4) is 0 Å². The van der Waals surface area contributed by atoms with Gasteiger partial charge in [0.05, 0.1) is 13.2 Å². The molecule has 0 unspecified atom stereocenters. The molecule has 0 bridgehead atoms. The lowest BCUT2D eigenvalue weighted by Crippen LogP contribution is -2.06. The highest BCUT2D eigenvalue weighted by atomic mass is 16.5. The van der Waals surface area contributed by atoms with Gasteiger partial charge in [-0.05, 0) is 17.7 Å². The van der Waals surface area contributed by atoms with Crippen LogP contribution < -0.4 is 4.74 Å². The first-order valence-electron chi connectivity index (χ1n) is 6.58. The molecule has 0 amide bonds. The third-order valence-corrected chi connectivity index (χ3v) is 2.90. The second kappa shape index (κ2) is 7.46. The number of methoxy groups -OCH3 is 1. The summed E-state index contributed by atoms with van der Waals surface area (Å²) < 4.78 is 10.7. The predicted molar refractivity (Wildman–Crippen MR) is 78.0 cm³/mol. The zero-order valence-electron chi connectivity index (χ0n) is 11.5. The first kappa shape index (κ1) is 14.3. The number of Topliss-reactive ketones (excluding diaryl/α,β-unsaturated/α-hetero) is 1. The number of carbonyl (C=O) groups is 1. The van der Waals surface area contributed by atoms with Crippen molar-refractivity contribution in [3.05, 3.63) is 65.7 Å². The number of benzene rings is 2. The zero-order chi connectivity index (χ0) is 14.2. The molecule has 104 valence electrons. The number of ether oxygens (including phenoxy) is 2. The van der Waals surface area contributed by atoms with Crippen LogP contribution in [0.2, 0.25) is 0 Å². The minimum Gasteiger partial charge on any atom is -0.493 e. The molecular weight excluding hydrogens is 252 g/mol. The Bertz CT molecular complexity index is 549. The summed E-state index contributed by atoms with van der Waals surface area (Å²) >= 11 is 0. The number of rotatable bonds is 7. The number of hydrogen-bond acceptors (Lipinski definition) is 3. The Morgan fingerprint density at radius 2 is 1.85 bits per heavy atom. The molecule has 3 nitrogen and oxygen atoms in total. The van der Waals surface area contributed by atoms with E-state index < -0.39 is 0 Å². The summed E-state index contributed by atoms with van der Waals surface area (Å²) in [7, 11) is 1.66. The lowest BCUT2D eigenvalue weighted by Gasteiger charge is -2.07. The van der Waals surface area contributed by atoms with Crippen LogP contribution in [0, 0.1) is 0 Å². The van der Waals surface area contributed by atoms with Gasteiger partial charge < -0.3 is 9.47 Å². The Hall–Kier alpha value is -2.13. The fourth-order valence-electron chi connectivity index (χ4n) is 1.92. The minimum atomic E-state index is 0.0960. The molecule has 20 heavy (non-hydrogen) atoms. The fourth-order valence-corrected chi connectivity index (χ4v) is 1.92. The van der Waals surface area contributed by atoms with Gasteiger partial charge in [-0.2, -0.15) is 0 Å². The van der Waals surface area contributed by atoms with Crippen LogP contribution in [0.25, 0.3) is 0 Å². The molecule has 0 saturated carbocycles. The summed E-state index contributed by atoms with van der Waals surface area (Å²) in [6.45, 7) is 0.935. The van der Waals surface area contributed by atoms with Crippen molar-refractivity contribution >= 4 is 5.78 Å². The fraction of sp³-hybridized carbons (Fsp3) is 0.235. The Balaban J connectivity index is 1.84. The van der Waals surface area contributed by atoms with Crippen LogP contribution in [0.5, 0.6) is 5.75 Å². The van der Waals surface area contributed by atoms with E-state index in [1.165, 1.54) is 0 Å². The second-order valence-electron chi connectivity index (χ2n) is 4.47. The summed E-state index contributed by atoms with van der Waals surface area (Å²) in [6.07, 6.45) is 0.374. The number of carbonyl (C=O) groups excluding carboxylic acids is 1. The number of ketones is 1. The van der Waals surface area contributed by atoms with Crippen molar-refractivity contribution in [2.45, 2.75) is 13.0 Å². The maximum absolute atomic E-state index is 11.9. The van der Waals surface area contributed by atoms with E-state index in [1.807, 2.05) is 54.6 Å². The van der Waals surface area contributed by atoms with Gasteiger partial charge in [0.2, 0.25) is 0 Å². The molecular formula is C17H18O3. The molecule has 0 saturated heterocycles. The van der Waals surface area contributed by atoms with Gasteiger partial charge in [0, 0.05) is 19.1 Å². The topological polar surface area (TPSA) is 35.5 Å². The van der Waals surface area contributed by atoms with Gasteiger partial charge in [-0.3, -0.25) is 4.79 Å². The van der Waals surface area contributed by atoms with E-state index in [-0.39, 0.29) is 5.78 Å². The van der Waals surface area contributed by atoms with Crippen LogP contribution in [0.4, 0.5) is 0 Å². The average molecular weight is 270 g/mol. The van der Waals surface area contributed by atoms with E-state index in [1.54, 1.807) is 7.11 Å². The molecule has 2 aromatic rings. The molecule has 0 aliphatic heterocycles. The Morgan fingerprint density at radius 1 is 1.05 bits per heavy atom. The quantitative estimate of drug-likeness (QED) is 0.722. The molecule has 0 fully saturated rings. The molecule has 2 aromatic carbocycles. The van der Waals surface area contributed by atoms with Gasteiger partial charge in [-0.1, -0.05) is 42.5 Å². The van der Waals surface area contributed by atoms with Crippen molar-refractivity contribution < 1.29 is 14.3 Å². The minimum absolute atomic E-state index is 0.0960. The van der Waals surface area contributed by atoms with Crippen LogP contribution >= 0.6 is 0 Å². The second-order valence-corrected chi connectivity index (χ2v) is 4.47. The third-order valence-electron chi connectivity index (χ3n) is 2.90. The van der Waals surface area contributed by atoms with Gasteiger partial charge in [0.25, 0.3) is 0 Å². The van der Waals surface area contributed by atoms with E-state index in [2.05, 4.69) is 0 Å². The first-order chi connectivity index (χ1) is 9.79. The van der Waals surface area contributed by atoms with Crippen molar-refractivity contribution in [1.29, 1.82) is 0 Å². The molecule has 0 aliphatic carbocycles. The summed E-state index contributed by atoms with van der Waals surface area (Å²) in [5.74, 6) is 0.860. The third kappa shape index (κ3) is 4.21. The van der Waals surface area contributed by atoms with Crippen LogP contribution in [-0.2, 0) is 11.3 Å². The van der Waals surface area contributed by atoms with Gasteiger partial charge in [0.1, 0.15) is 5.75 Å². The van der Waals surface area contributed by atoms with Gasteiger partial charge >= 0.3 is 0 Å². The smallest absolute Gasteiger partial charge is 0.166 e. The van der Waals surface area contributed by atoms with Gasteiger partial charge in [-0.15, -0.1) is 0 Å². The van der Waals surface area contributed by atoms with Crippen LogP contribution in [0.1, 0.15) is 22.3 Å². The summed E-state index contributed by atoms with van der Waals surface area (Å²) in [6, 6.07) is 17.0. The molecule has 0 aliphatic rings. The van der Waals surface area contributed by atoms with E-state index in [4.69, 9.17) is 9.47 Å². The van der Waals surface area contributed by atoms with Crippen molar-refractivity contribution in [2.75, 3.05) is 13.7 Å². The average Bonchev–Trinajstić information content (AvgIpc) is 2.49. The van der Waals surface area contributed by atoms with Crippen molar-refractivity contribution in [2.24, 2.45) is 0 Å². The highest BCUT2D eigenvalue weighted by Crippen LogP contribution is 2.14. The van der Waals surface area contributed by atoms with Crippen LogP contribution in [0.15, 0.2) is 54.6 Å². The lowest BCUT2D eigenvalue weighted by molar-refractivity contribution is 0.0962. The first-order valence-corrected chi connectivity index (χ1v) is 6.58. The monoisotopic (exact) mass is 270 g/mol. The standard InChI is InChI=1S/C17H18O3/c1-19-13-14-6-5-9-16(12-14)20-11-10-17(18)15-7-3-2-4-8-15/h2-9,12H,10-11,13H2,1H3. The number of hydrogen-bond donors (Lipinski definition) is 0. The van der Waals surface area contributed by atoms with Crippen molar-refractivity contribution in [3.8, 4) is 5.75 Å². The largest absolute Gasteiger partial charge is 0.493 e. The molecule has 0 spiro atoms. The maximum atomic E-state index is 11.9. The molecule has 0 atom stereocenters. The van der Waals surface area contributed by atoms with Gasteiger partial charge in [-0.25, -0.2) is 0 Å². The van der Waals surface area contributed by atoms with E-state index >= 15 is 0 Å². The van der Waals surface area contributed by atoms with Crippen LogP contribution in [-0.4, -0.2) is 19.5 Å². The molecule has 0 heterocycles. The molecule has 2 rings (SSSR count). The molecule has 3 heteroatoms. The molecule has 0 aromatic heterocycles. The Morgan fingerprint density at radius 3 is 2.60 bits per heavy atom. The van der Waals surface area contributed by atoms with E-state index in [0.717, 1.165) is 16.9 Å². The summed E-state index contributed by atoms with van der Waals surface area (Å²) in [5, 5.41) is 0. The summed E-state index contributed by atoms with van der Waals surface area (Å²) in [5.41, 5.74) is 1.78. The molecule has 0 radical (unpaired) electrons. The van der Waals surface area contributed by atoms with E-state index in [0.29, 0.717) is 19.6 Å². The lowest BCUT2D eigenvalue weighted by atomic mass is 10.1. The zero-order valence-corrected chi connectivity index (χ0v) is 11.5. The highest BCUT2D eigenvalue weighted by Gasteiger charge is 2.05. The van der Waals surface area contributed by atoms with Crippen molar-refractivity contribution in [3.63, 3.8) is 0 Å². The van der Waals surface area contributed by atoms with E-state index in [9.17, 15) is 4.79 Å². The summed E-state index contributed by atoms with van der Waals surface area (Å²) in [4.78, 5) is 11.9. The van der Waals surface area contributed by atoms with Crippen molar-refractivity contribution in [1.82, 2.24) is 0 Å². The maximum Gasteiger partial charge on any atom is 0.166 e. The normalized spacial score (nSPS) is 10.2.